The predicted molar refractivity (Wildman–Crippen MR) is 125 cm³/mol. The van der Waals surface area contributed by atoms with Crippen molar-refractivity contribution in [3.8, 4) is 22.9 Å². The summed E-state index contributed by atoms with van der Waals surface area (Å²) in [5, 5.41) is 10.1. The normalized spacial score (nSPS) is 17.6. The Morgan fingerprint density at radius 2 is 1.78 bits per heavy atom. The van der Waals surface area contributed by atoms with E-state index in [0.29, 0.717) is 0 Å². The molecule has 3 aromatic rings. The Labute approximate surface area is 189 Å². The molecule has 0 spiro atoms. The first-order valence-corrected chi connectivity index (χ1v) is 11.9. The quantitative estimate of drug-likeness (QED) is 0.603. The molecule has 1 heterocycles. The smallest absolute Gasteiger partial charge is 0.240 e. The molecular formula is C25H25N3O3S. The predicted octanol–water partition coefficient (Wildman–Crippen LogP) is 4.46. The molecule has 0 radical (unpaired) electrons. The summed E-state index contributed by atoms with van der Waals surface area (Å²) in [4.78, 5) is 2.41. The minimum atomic E-state index is -3.51. The molecule has 0 saturated carbocycles. The molecule has 7 heteroatoms. The van der Waals surface area contributed by atoms with Crippen LogP contribution < -0.4 is 14.4 Å². The zero-order valence-electron chi connectivity index (χ0n) is 18.2. The third kappa shape index (κ3) is 3.72. The highest BCUT2D eigenvalue weighted by molar-refractivity contribution is 7.89. The third-order valence-corrected chi connectivity index (χ3v) is 7.44. The van der Waals surface area contributed by atoms with E-state index in [1.807, 2.05) is 24.3 Å². The van der Waals surface area contributed by atoms with E-state index in [0.717, 1.165) is 40.2 Å². The number of sulfonamides is 1. The molecule has 32 heavy (non-hydrogen) atoms. The van der Waals surface area contributed by atoms with Crippen LogP contribution in [0.1, 0.15) is 30.0 Å². The first kappa shape index (κ1) is 21.9. The van der Waals surface area contributed by atoms with Gasteiger partial charge >= 0.3 is 0 Å². The van der Waals surface area contributed by atoms with Crippen LogP contribution in [-0.4, -0.2) is 29.1 Å². The summed E-state index contributed by atoms with van der Waals surface area (Å²) in [5.41, 5.74) is 4.97. The van der Waals surface area contributed by atoms with Crippen molar-refractivity contribution in [2.24, 2.45) is 0 Å². The molecule has 164 valence electrons. The number of fused-ring (bicyclic) bond motifs is 1. The molecule has 1 aliphatic heterocycles. The van der Waals surface area contributed by atoms with Crippen molar-refractivity contribution in [3.63, 3.8) is 0 Å². The lowest BCUT2D eigenvalue weighted by Crippen LogP contribution is -2.26. The summed E-state index contributed by atoms with van der Waals surface area (Å²) in [7, 11) is -0.478. The van der Waals surface area contributed by atoms with Crippen molar-refractivity contribution in [1.82, 2.24) is 4.72 Å². The van der Waals surface area contributed by atoms with E-state index in [2.05, 4.69) is 40.8 Å². The molecule has 0 bridgehead atoms. The Balaban J connectivity index is 1.76. The van der Waals surface area contributed by atoms with Gasteiger partial charge in [-0.05, 0) is 72.6 Å². The second-order valence-corrected chi connectivity index (χ2v) is 9.51. The Morgan fingerprint density at radius 3 is 2.41 bits per heavy atom. The number of ether oxygens (including phenoxy) is 1. The fourth-order valence-corrected chi connectivity index (χ4v) is 5.12. The third-order valence-electron chi connectivity index (χ3n) is 6.01. The molecule has 2 unspecified atom stereocenters. The van der Waals surface area contributed by atoms with Crippen LogP contribution in [0.4, 0.5) is 5.69 Å². The lowest BCUT2D eigenvalue weighted by Gasteiger charge is -2.28. The molecule has 0 amide bonds. The number of rotatable bonds is 6. The van der Waals surface area contributed by atoms with E-state index in [9.17, 15) is 13.7 Å². The van der Waals surface area contributed by atoms with Gasteiger partial charge in [0.05, 0.1) is 30.0 Å². The fourth-order valence-electron chi connectivity index (χ4n) is 4.39. The topological polar surface area (TPSA) is 82.4 Å². The second kappa shape index (κ2) is 8.65. The number of anilines is 1. The molecule has 0 fully saturated rings. The van der Waals surface area contributed by atoms with Gasteiger partial charge in [-0.2, -0.15) is 5.26 Å². The summed E-state index contributed by atoms with van der Waals surface area (Å²) in [6.07, 6.45) is 0. The lowest BCUT2D eigenvalue weighted by molar-refractivity contribution is 0.415. The Kier molecular flexibility index (Phi) is 5.92. The van der Waals surface area contributed by atoms with E-state index < -0.39 is 10.0 Å². The summed E-state index contributed by atoms with van der Waals surface area (Å²) < 4.78 is 31.9. The van der Waals surface area contributed by atoms with Gasteiger partial charge in [-0.3, -0.25) is 0 Å². The molecule has 0 aliphatic carbocycles. The Bertz CT molecular complexity index is 1280. The van der Waals surface area contributed by atoms with Crippen molar-refractivity contribution in [3.05, 3.63) is 77.9 Å². The number of hydrogen-bond donors (Lipinski definition) is 1. The number of nitrogens with zero attached hydrogens (tertiary/aromatic N) is 2. The maximum absolute atomic E-state index is 12.1. The number of likely N-dealkylation sites (N-methyl/N-ethyl adjacent to an activating group) is 1. The van der Waals surface area contributed by atoms with Gasteiger partial charge in [-0.25, -0.2) is 13.1 Å². The molecule has 1 N–H and O–H groups in total. The van der Waals surface area contributed by atoms with Gasteiger partial charge in [0.25, 0.3) is 0 Å². The van der Waals surface area contributed by atoms with E-state index in [1.54, 1.807) is 31.4 Å². The summed E-state index contributed by atoms with van der Waals surface area (Å²) in [5.74, 6) is 0.409. The maximum Gasteiger partial charge on any atom is 0.240 e. The average Bonchev–Trinajstić information content (AvgIpc) is 3.16. The minimum Gasteiger partial charge on any atom is -0.497 e. The first-order valence-electron chi connectivity index (χ1n) is 10.4. The minimum absolute atomic E-state index is 0.188. The van der Waals surface area contributed by atoms with Crippen molar-refractivity contribution in [2.45, 2.75) is 23.8 Å². The van der Waals surface area contributed by atoms with Crippen molar-refractivity contribution in [1.29, 1.82) is 5.26 Å². The van der Waals surface area contributed by atoms with Crippen LogP contribution in [0.2, 0.25) is 0 Å². The molecular weight excluding hydrogens is 422 g/mol. The summed E-state index contributed by atoms with van der Waals surface area (Å²) in [6.45, 7) is 2.79. The van der Waals surface area contributed by atoms with Crippen molar-refractivity contribution in [2.75, 3.05) is 25.6 Å². The lowest BCUT2D eigenvalue weighted by atomic mass is 9.90. The molecule has 2 atom stereocenters. The van der Waals surface area contributed by atoms with Gasteiger partial charge < -0.3 is 9.64 Å². The summed E-state index contributed by atoms with van der Waals surface area (Å²) in [6, 6.07) is 23.2. The molecule has 6 nitrogen and oxygen atoms in total. The van der Waals surface area contributed by atoms with Gasteiger partial charge in [0.15, 0.2) is 0 Å². The van der Waals surface area contributed by atoms with Crippen molar-refractivity contribution < 1.29 is 13.2 Å². The van der Waals surface area contributed by atoms with Gasteiger partial charge in [0.1, 0.15) is 5.75 Å². The largest absolute Gasteiger partial charge is 0.497 e. The first-order chi connectivity index (χ1) is 15.4. The molecule has 1 aliphatic rings. The van der Waals surface area contributed by atoms with Crippen LogP contribution in [0.15, 0.2) is 71.6 Å². The molecule has 0 saturated heterocycles. The van der Waals surface area contributed by atoms with Crippen LogP contribution in [0.25, 0.3) is 11.1 Å². The molecule has 3 aromatic carbocycles. The zero-order chi connectivity index (χ0) is 22.9. The summed E-state index contributed by atoms with van der Waals surface area (Å²) >= 11 is 0. The van der Waals surface area contributed by atoms with Gasteiger partial charge in [-0.1, -0.05) is 30.3 Å². The standard InChI is InChI=1S/C25H25N3O3S/c1-4-28-24-13-10-19(18-6-5-7-20(14-18)31-3)15-22(24)23(16-26)25(28)17-8-11-21(12-9-17)32(29,30)27-2/h5-15,23,25,27H,4H2,1-3H3. The van der Waals surface area contributed by atoms with E-state index >= 15 is 0 Å². The SMILES string of the molecule is CCN1c2ccc(-c3cccc(OC)c3)cc2C(C#N)C1c1ccc(S(=O)(=O)NC)cc1. The van der Waals surface area contributed by atoms with Crippen LogP contribution in [0, 0.1) is 11.3 Å². The highest BCUT2D eigenvalue weighted by Crippen LogP contribution is 2.49. The number of benzene rings is 3. The van der Waals surface area contributed by atoms with Crippen LogP contribution in [0.5, 0.6) is 5.75 Å². The van der Waals surface area contributed by atoms with Gasteiger partial charge in [0, 0.05) is 12.2 Å². The van der Waals surface area contributed by atoms with E-state index in [1.165, 1.54) is 7.05 Å². The zero-order valence-corrected chi connectivity index (χ0v) is 19.1. The molecule has 4 rings (SSSR count). The van der Waals surface area contributed by atoms with Gasteiger partial charge in [-0.15, -0.1) is 0 Å². The number of nitrogens with one attached hydrogen (secondary N) is 1. The maximum atomic E-state index is 12.1. The number of nitriles is 1. The van der Waals surface area contributed by atoms with E-state index in [-0.39, 0.29) is 16.9 Å². The number of methoxy groups -OCH3 is 1. The Morgan fingerprint density at radius 1 is 1.06 bits per heavy atom. The Hall–Kier alpha value is -3.34. The van der Waals surface area contributed by atoms with Crippen LogP contribution in [0.3, 0.4) is 0 Å². The monoisotopic (exact) mass is 447 g/mol. The highest BCUT2D eigenvalue weighted by atomic mass is 32.2. The van der Waals surface area contributed by atoms with Crippen LogP contribution >= 0.6 is 0 Å². The van der Waals surface area contributed by atoms with E-state index in [4.69, 9.17) is 4.74 Å². The number of hydrogen-bond acceptors (Lipinski definition) is 5. The fraction of sp³-hybridized carbons (Fsp3) is 0.240. The molecule has 0 aromatic heterocycles. The van der Waals surface area contributed by atoms with Crippen LogP contribution in [-0.2, 0) is 10.0 Å². The highest BCUT2D eigenvalue weighted by Gasteiger charge is 2.39. The average molecular weight is 448 g/mol. The van der Waals surface area contributed by atoms with Crippen molar-refractivity contribution >= 4 is 15.7 Å². The second-order valence-electron chi connectivity index (χ2n) is 7.62. The van der Waals surface area contributed by atoms with Gasteiger partial charge in [0.2, 0.25) is 10.0 Å².